The summed E-state index contributed by atoms with van der Waals surface area (Å²) < 4.78 is 1.28. The number of aromatic amines is 1. The molecule has 0 saturated heterocycles. The third-order valence-corrected chi connectivity index (χ3v) is 3.01. The predicted octanol–water partition coefficient (Wildman–Crippen LogP) is 0.721. The van der Waals surface area contributed by atoms with Crippen molar-refractivity contribution >= 4 is 5.91 Å². The van der Waals surface area contributed by atoms with Crippen molar-refractivity contribution in [3.63, 3.8) is 0 Å². The molecule has 7 nitrogen and oxygen atoms in total. The molecule has 0 fully saturated rings. The van der Waals surface area contributed by atoms with Gasteiger partial charge in [0.1, 0.15) is 0 Å². The number of carbonyl (C=O) groups excluding carboxylic acids is 1. The second-order valence-electron chi connectivity index (χ2n) is 4.34. The van der Waals surface area contributed by atoms with Crippen molar-refractivity contribution in [2.24, 2.45) is 5.73 Å². The number of nitrogens with two attached hydrogens (primary N) is 1. The number of primary amides is 1. The van der Waals surface area contributed by atoms with E-state index in [0.717, 1.165) is 0 Å². The highest BCUT2D eigenvalue weighted by molar-refractivity contribution is 5.92. The fraction of sp³-hybridized carbons (Fsp3) is 0. The normalized spacial score (nSPS) is 10.5. The minimum atomic E-state index is -0.566. The van der Waals surface area contributed by atoms with Crippen LogP contribution in [0, 0.1) is 0 Å². The van der Waals surface area contributed by atoms with Crippen molar-refractivity contribution in [2.75, 3.05) is 0 Å². The lowest BCUT2D eigenvalue weighted by Crippen LogP contribution is -2.18. The first-order chi connectivity index (χ1) is 10.2. The van der Waals surface area contributed by atoms with Crippen molar-refractivity contribution in [3.05, 3.63) is 65.0 Å². The van der Waals surface area contributed by atoms with Crippen LogP contribution in [-0.2, 0) is 0 Å². The Bertz CT molecular complexity index is 834. The van der Waals surface area contributed by atoms with E-state index in [2.05, 4.69) is 15.1 Å². The van der Waals surface area contributed by atoms with E-state index in [9.17, 15) is 9.59 Å². The molecule has 3 aromatic rings. The molecule has 3 N–H and O–H groups in total. The van der Waals surface area contributed by atoms with E-state index in [0.29, 0.717) is 16.9 Å². The van der Waals surface area contributed by atoms with Crippen molar-refractivity contribution in [2.45, 2.75) is 0 Å². The van der Waals surface area contributed by atoms with Crippen molar-refractivity contribution < 1.29 is 4.79 Å². The second-order valence-corrected chi connectivity index (χ2v) is 4.34. The van der Waals surface area contributed by atoms with Gasteiger partial charge in [0.05, 0.1) is 11.1 Å². The molecule has 0 bridgehead atoms. The van der Waals surface area contributed by atoms with E-state index in [4.69, 9.17) is 5.73 Å². The number of pyridine rings is 2. The Morgan fingerprint density at radius 2 is 2.10 bits per heavy atom. The van der Waals surface area contributed by atoms with Gasteiger partial charge in [0, 0.05) is 30.4 Å². The van der Waals surface area contributed by atoms with E-state index < -0.39 is 5.91 Å². The Kier molecular flexibility index (Phi) is 3.07. The highest BCUT2D eigenvalue weighted by Gasteiger charge is 2.11. The van der Waals surface area contributed by atoms with Crippen molar-refractivity contribution in [1.29, 1.82) is 0 Å². The van der Waals surface area contributed by atoms with Crippen LogP contribution >= 0.6 is 0 Å². The summed E-state index contributed by atoms with van der Waals surface area (Å²) in [7, 11) is 0. The van der Waals surface area contributed by atoms with E-state index in [1.54, 1.807) is 36.8 Å². The number of H-pyrrole nitrogens is 1. The zero-order chi connectivity index (χ0) is 14.8. The molecular weight excluding hydrogens is 270 g/mol. The van der Waals surface area contributed by atoms with Gasteiger partial charge in [-0.15, -0.1) is 0 Å². The standard InChI is InChI=1S/C14H11N5O2/c15-13(20)10-3-4-12(17-7-10)19-14(21)11(8-18-19)9-2-1-5-16-6-9/h1-8,18H,(H2,15,20). The van der Waals surface area contributed by atoms with Crippen LogP contribution in [0.5, 0.6) is 0 Å². The van der Waals surface area contributed by atoms with E-state index in [-0.39, 0.29) is 11.1 Å². The topological polar surface area (TPSA) is 107 Å². The van der Waals surface area contributed by atoms with Gasteiger partial charge in [0.25, 0.3) is 5.56 Å². The summed E-state index contributed by atoms with van der Waals surface area (Å²) in [5, 5.41) is 2.84. The number of nitrogens with one attached hydrogen (secondary N) is 1. The molecule has 0 atom stereocenters. The smallest absolute Gasteiger partial charge is 0.280 e. The lowest BCUT2D eigenvalue weighted by atomic mass is 10.2. The highest BCUT2D eigenvalue weighted by atomic mass is 16.1. The molecule has 104 valence electrons. The molecule has 3 aromatic heterocycles. The van der Waals surface area contributed by atoms with Gasteiger partial charge in [-0.3, -0.25) is 19.7 Å². The molecule has 0 aromatic carbocycles. The first-order valence-corrected chi connectivity index (χ1v) is 6.14. The van der Waals surface area contributed by atoms with Gasteiger partial charge < -0.3 is 5.73 Å². The van der Waals surface area contributed by atoms with Gasteiger partial charge in [0.2, 0.25) is 5.91 Å². The minimum Gasteiger partial charge on any atom is -0.366 e. The Balaban J connectivity index is 2.03. The third kappa shape index (κ3) is 2.32. The number of nitrogens with zero attached hydrogens (tertiary/aromatic N) is 3. The first-order valence-electron chi connectivity index (χ1n) is 6.14. The van der Waals surface area contributed by atoms with Crippen LogP contribution < -0.4 is 11.3 Å². The van der Waals surface area contributed by atoms with Crippen molar-refractivity contribution in [1.82, 2.24) is 19.7 Å². The molecule has 0 aliphatic rings. The Morgan fingerprint density at radius 1 is 1.24 bits per heavy atom. The van der Waals surface area contributed by atoms with Crippen LogP contribution in [0.4, 0.5) is 0 Å². The average Bonchev–Trinajstić information content (AvgIpc) is 2.90. The minimum absolute atomic E-state index is 0.248. The molecule has 21 heavy (non-hydrogen) atoms. The molecule has 0 saturated carbocycles. The van der Waals surface area contributed by atoms with E-state index in [1.165, 1.54) is 16.9 Å². The Hall–Kier alpha value is -3.22. The van der Waals surface area contributed by atoms with Crippen LogP contribution in [0.25, 0.3) is 16.9 Å². The summed E-state index contributed by atoms with van der Waals surface area (Å²) in [5.41, 5.74) is 6.39. The maximum atomic E-state index is 12.4. The molecule has 0 aliphatic carbocycles. The number of hydrogen-bond donors (Lipinski definition) is 2. The monoisotopic (exact) mass is 281 g/mol. The molecule has 0 spiro atoms. The number of carbonyl (C=O) groups is 1. The summed E-state index contributed by atoms with van der Waals surface area (Å²) in [4.78, 5) is 31.4. The van der Waals surface area contributed by atoms with Crippen LogP contribution in [0.2, 0.25) is 0 Å². The molecule has 3 rings (SSSR count). The van der Waals surface area contributed by atoms with E-state index in [1.807, 2.05) is 0 Å². The molecule has 3 heterocycles. The number of hydrogen-bond acceptors (Lipinski definition) is 4. The lowest BCUT2D eigenvalue weighted by molar-refractivity contribution is 0.1000. The van der Waals surface area contributed by atoms with Crippen LogP contribution in [0.1, 0.15) is 10.4 Å². The summed E-state index contributed by atoms with van der Waals surface area (Å²) in [6.07, 6.45) is 6.16. The molecule has 0 radical (unpaired) electrons. The van der Waals surface area contributed by atoms with Crippen molar-refractivity contribution in [3.8, 4) is 16.9 Å². The molecule has 0 aliphatic heterocycles. The summed E-state index contributed by atoms with van der Waals surface area (Å²) in [6.45, 7) is 0. The first kappa shape index (κ1) is 12.8. The van der Waals surface area contributed by atoms with Gasteiger partial charge in [-0.25, -0.2) is 9.67 Å². The zero-order valence-corrected chi connectivity index (χ0v) is 10.9. The highest BCUT2D eigenvalue weighted by Crippen LogP contribution is 2.13. The zero-order valence-electron chi connectivity index (χ0n) is 10.9. The maximum absolute atomic E-state index is 12.4. The quantitative estimate of drug-likeness (QED) is 0.737. The van der Waals surface area contributed by atoms with Gasteiger partial charge in [-0.1, -0.05) is 6.07 Å². The van der Waals surface area contributed by atoms with Crippen LogP contribution in [-0.4, -0.2) is 25.7 Å². The average molecular weight is 281 g/mol. The number of amides is 1. The fourth-order valence-electron chi connectivity index (χ4n) is 1.93. The SMILES string of the molecule is NC(=O)c1ccc(-n2[nH]cc(-c3cccnc3)c2=O)nc1. The van der Waals surface area contributed by atoms with Gasteiger partial charge in [-0.2, -0.15) is 0 Å². The predicted molar refractivity (Wildman–Crippen MR) is 75.9 cm³/mol. The summed E-state index contributed by atoms with van der Waals surface area (Å²) >= 11 is 0. The van der Waals surface area contributed by atoms with Crippen LogP contribution in [0.15, 0.2) is 53.8 Å². The number of aromatic nitrogens is 4. The molecular formula is C14H11N5O2. The van der Waals surface area contributed by atoms with Gasteiger partial charge >= 0.3 is 0 Å². The van der Waals surface area contributed by atoms with E-state index >= 15 is 0 Å². The largest absolute Gasteiger partial charge is 0.366 e. The van der Waals surface area contributed by atoms with Gasteiger partial charge in [-0.05, 0) is 18.2 Å². The Labute approximate surface area is 119 Å². The van der Waals surface area contributed by atoms with Gasteiger partial charge in [0.15, 0.2) is 5.82 Å². The fourth-order valence-corrected chi connectivity index (χ4v) is 1.93. The second kappa shape index (κ2) is 5.04. The Morgan fingerprint density at radius 3 is 2.71 bits per heavy atom. The maximum Gasteiger partial charge on any atom is 0.280 e. The molecule has 0 unspecified atom stereocenters. The lowest BCUT2D eigenvalue weighted by Gasteiger charge is -2.01. The van der Waals surface area contributed by atoms with Crippen LogP contribution in [0.3, 0.4) is 0 Å². The number of rotatable bonds is 3. The molecule has 1 amide bonds. The summed E-state index contributed by atoms with van der Waals surface area (Å²) in [6, 6.07) is 6.62. The summed E-state index contributed by atoms with van der Waals surface area (Å²) in [5.74, 6) is -0.191. The molecule has 7 heteroatoms. The third-order valence-electron chi connectivity index (χ3n) is 3.01.